The molecule has 0 radical (unpaired) electrons. The first kappa shape index (κ1) is 18.5. The lowest BCUT2D eigenvalue weighted by Gasteiger charge is -2.32. The molecular weight excluding hydrogens is 348 g/mol. The van der Waals surface area contributed by atoms with E-state index in [2.05, 4.69) is 14.9 Å². The molecule has 1 aliphatic rings. The van der Waals surface area contributed by atoms with Gasteiger partial charge in [0.05, 0.1) is 10.8 Å². The van der Waals surface area contributed by atoms with E-state index in [1.807, 2.05) is 45.0 Å². The van der Waals surface area contributed by atoms with Gasteiger partial charge in [-0.25, -0.2) is 0 Å². The fraction of sp³-hybridized carbons (Fsp3) is 0.474. The second kappa shape index (κ2) is 7.95. The van der Waals surface area contributed by atoms with Crippen LogP contribution in [0.3, 0.4) is 0 Å². The third-order valence-corrected chi connectivity index (χ3v) is 5.29. The van der Waals surface area contributed by atoms with E-state index < -0.39 is 0 Å². The predicted molar refractivity (Wildman–Crippen MR) is 102 cm³/mol. The van der Waals surface area contributed by atoms with Crippen LogP contribution in [0.2, 0.25) is 0 Å². The number of carbonyl (C=O) groups excluding carboxylic acids is 2. The average molecular weight is 372 g/mol. The number of hydrogen-bond donors (Lipinski definition) is 1. The Morgan fingerprint density at radius 2 is 2.00 bits per heavy atom. The molecule has 6 nitrogen and oxygen atoms in total. The van der Waals surface area contributed by atoms with E-state index in [1.165, 1.54) is 11.5 Å². The van der Waals surface area contributed by atoms with Crippen LogP contribution in [0.5, 0.6) is 0 Å². The molecule has 138 valence electrons. The molecule has 0 saturated carbocycles. The summed E-state index contributed by atoms with van der Waals surface area (Å²) < 4.78 is 4.00. The molecule has 1 N–H and O–H groups in total. The highest BCUT2D eigenvalue weighted by Crippen LogP contribution is 2.28. The zero-order valence-corrected chi connectivity index (χ0v) is 16.2. The van der Waals surface area contributed by atoms with Crippen LogP contribution >= 0.6 is 11.5 Å². The lowest BCUT2D eigenvalue weighted by Crippen LogP contribution is -2.46. The number of amides is 2. The minimum atomic E-state index is -0.162. The van der Waals surface area contributed by atoms with Crippen LogP contribution in [0.15, 0.2) is 24.3 Å². The maximum atomic E-state index is 13.0. The molecule has 2 heterocycles. The molecule has 7 heteroatoms. The summed E-state index contributed by atoms with van der Waals surface area (Å²) in [5.74, 6) is -0.284. The summed E-state index contributed by atoms with van der Waals surface area (Å²) in [6.07, 6.45) is 1.63. The largest absolute Gasteiger partial charge is 0.354 e. The quantitative estimate of drug-likeness (QED) is 0.895. The number of likely N-dealkylation sites (tertiary alicyclic amines) is 1. The average Bonchev–Trinajstić information content (AvgIpc) is 3.11. The number of rotatable bonds is 4. The smallest absolute Gasteiger partial charge is 0.275 e. The maximum absolute atomic E-state index is 13.0. The van der Waals surface area contributed by atoms with E-state index in [4.69, 9.17) is 0 Å². The first-order chi connectivity index (χ1) is 12.5. The summed E-state index contributed by atoms with van der Waals surface area (Å²) >= 11 is 1.23. The summed E-state index contributed by atoms with van der Waals surface area (Å²) in [7, 11) is 0. The molecule has 1 unspecified atom stereocenters. The second-order valence-corrected chi connectivity index (χ2v) is 7.82. The first-order valence-electron chi connectivity index (χ1n) is 8.94. The van der Waals surface area contributed by atoms with Crippen LogP contribution in [0.1, 0.15) is 42.7 Å². The van der Waals surface area contributed by atoms with Gasteiger partial charge < -0.3 is 10.2 Å². The zero-order valence-electron chi connectivity index (χ0n) is 15.4. The number of benzene rings is 1. The van der Waals surface area contributed by atoms with Gasteiger partial charge in [-0.05, 0) is 50.7 Å². The van der Waals surface area contributed by atoms with Gasteiger partial charge in [-0.15, -0.1) is 5.10 Å². The van der Waals surface area contributed by atoms with E-state index in [0.717, 1.165) is 28.8 Å². The molecule has 1 aliphatic heterocycles. The SMILES string of the molecule is Cc1ccc(-c2snnc2C(=O)N2CCCC(C(=O)NC(C)C)C2)cc1. The van der Waals surface area contributed by atoms with Crippen molar-refractivity contribution in [3.05, 3.63) is 35.5 Å². The van der Waals surface area contributed by atoms with Crippen LogP contribution in [0.25, 0.3) is 10.4 Å². The van der Waals surface area contributed by atoms with Crippen molar-refractivity contribution in [2.24, 2.45) is 5.92 Å². The van der Waals surface area contributed by atoms with Crippen molar-refractivity contribution in [1.29, 1.82) is 0 Å². The summed E-state index contributed by atoms with van der Waals surface area (Å²) in [5.41, 5.74) is 2.48. The molecule has 2 aromatic rings. The summed E-state index contributed by atoms with van der Waals surface area (Å²) in [5, 5.41) is 7.03. The van der Waals surface area contributed by atoms with Crippen LogP contribution < -0.4 is 5.32 Å². The second-order valence-electron chi connectivity index (χ2n) is 7.07. The van der Waals surface area contributed by atoms with Crippen molar-refractivity contribution in [2.75, 3.05) is 13.1 Å². The Morgan fingerprint density at radius 1 is 1.27 bits per heavy atom. The van der Waals surface area contributed by atoms with Crippen molar-refractivity contribution in [3.8, 4) is 10.4 Å². The van der Waals surface area contributed by atoms with Gasteiger partial charge in [0, 0.05) is 19.1 Å². The maximum Gasteiger partial charge on any atom is 0.275 e. The van der Waals surface area contributed by atoms with Gasteiger partial charge in [-0.3, -0.25) is 9.59 Å². The highest BCUT2D eigenvalue weighted by Gasteiger charge is 2.31. The monoisotopic (exact) mass is 372 g/mol. The summed E-state index contributed by atoms with van der Waals surface area (Å²) in [6, 6.07) is 8.09. The number of aromatic nitrogens is 2. The lowest BCUT2D eigenvalue weighted by molar-refractivity contribution is -0.126. The third kappa shape index (κ3) is 4.09. The molecule has 1 saturated heterocycles. The van der Waals surface area contributed by atoms with E-state index in [1.54, 1.807) is 4.90 Å². The number of hydrogen-bond acceptors (Lipinski definition) is 5. The summed E-state index contributed by atoms with van der Waals surface area (Å²) in [6.45, 7) is 6.99. The van der Waals surface area contributed by atoms with E-state index >= 15 is 0 Å². The van der Waals surface area contributed by atoms with Crippen LogP contribution in [-0.2, 0) is 4.79 Å². The molecule has 2 amide bonds. The number of carbonyl (C=O) groups is 2. The molecule has 0 spiro atoms. The number of nitrogens with one attached hydrogen (secondary N) is 1. The third-order valence-electron chi connectivity index (χ3n) is 4.51. The van der Waals surface area contributed by atoms with Crippen LogP contribution in [0, 0.1) is 12.8 Å². The molecule has 1 atom stereocenters. The number of nitrogens with zero attached hydrogens (tertiary/aromatic N) is 3. The van der Waals surface area contributed by atoms with Gasteiger partial charge >= 0.3 is 0 Å². The van der Waals surface area contributed by atoms with Crippen molar-refractivity contribution < 1.29 is 9.59 Å². The Balaban J connectivity index is 1.76. The Kier molecular flexibility index (Phi) is 5.66. The Morgan fingerprint density at radius 3 is 2.69 bits per heavy atom. The van der Waals surface area contributed by atoms with Gasteiger partial charge in [0.15, 0.2) is 5.69 Å². The van der Waals surface area contributed by atoms with E-state index in [0.29, 0.717) is 18.8 Å². The molecule has 1 fully saturated rings. The van der Waals surface area contributed by atoms with Crippen LogP contribution in [0.4, 0.5) is 0 Å². The number of piperidine rings is 1. The molecular formula is C19H24N4O2S. The van der Waals surface area contributed by atoms with Gasteiger partial charge in [-0.2, -0.15) is 0 Å². The normalized spacial score (nSPS) is 17.4. The number of aryl methyl sites for hydroxylation is 1. The zero-order chi connectivity index (χ0) is 18.7. The van der Waals surface area contributed by atoms with Gasteiger partial charge in [0.1, 0.15) is 0 Å². The standard InChI is InChI=1S/C19H24N4O2S/c1-12(2)20-18(24)15-5-4-10-23(11-15)19(25)16-17(26-22-21-16)14-8-6-13(3)7-9-14/h6-9,12,15H,4-5,10-11H2,1-3H3,(H,20,24). The van der Waals surface area contributed by atoms with Gasteiger partial charge in [-0.1, -0.05) is 34.3 Å². The molecule has 0 aliphatic carbocycles. The Labute approximate surface area is 157 Å². The lowest BCUT2D eigenvalue weighted by atomic mass is 9.96. The fourth-order valence-electron chi connectivity index (χ4n) is 3.15. The molecule has 3 rings (SSSR count). The molecule has 1 aromatic carbocycles. The van der Waals surface area contributed by atoms with Crippen molar-refractivity contribution in [2.45, 2.75) is 39.7 Å². The highest BCUT2D eigenvalue weighted by molar-refractivity contribution is 7.09. The minimum Gasteiger partial charge on any atom is -0.354 e. The van der Waals surface area contributed by atoms with Gasteiger partial charge in [0.2, 0.25) is 5.91 Å². The Hall–Kier alpha value is -2.28. The van der Waals surface area contributed by atoms with Crippen LogP contribution in [-0.4, -0.2) is 45.4 Å². The van der Waals surface area contributed by atoms with Crippen molar-refractivity contribution in [3.63, 3.8) is 0 Å². The fourth-order valence-corrected chi connectivity index (χ4v) is 3.81. The van der Waals surface area contributed by atoms with Crippen molar-refractivity contribution in [1.82, 2.24) is 19.8 Å². The van der Waals surface area contributed by atoms with E-state index in [9.17, 15) is 9.59 Å². The van der Waals surface area contributed by atoms with E-state index in [-0.39, 0.29) is 23.8 Å². The summed E-state index contributed by atoms with van der Waals surface area (Å²) in [4.78, 5) is 27.8. The van der Waals surface area contributed by atoms with Crippen molar-refractivity contribution >= 4 is 23.3 Å². The highest BCUT2D eigenvalue weighted by atomic mass is 32.1. The van der Waals surface area contributed by atoms with Gasteiger partial charge in [0.25, 0.3) is 5.91 Å². The molecule has 1 aromatic heterocycles. The predicted octanol–water partition coefficient (Wildman–Crippen LogP) is 2.89. The Bertz CT molecular complexity index is 785. The topological polar surface area (TPSA) is 75.2 Å². The minimum absolute atomic E-state index is 0.0210. The molecule has 26 heavy (non-hydrogen) atoms. The molecule has 0 bridgehead atoms. The first-order valence-corrected chi connectivity index (χ1v) is 9.72.